The molecule has 3 heterocycles. The second-order valence-electron chi connectivity index (χ2n) is 8.46. The number of halogens is 1. The Labute approximate surface area is 200 Å². The fourth-order valence-corrected chi connectivity index (χ4v) is 6.01. The van der Waals surface area contributed by atoms with Crippen molar-refractivity contribution in [1.29, 1.82) is 0 Å². The molecule has 34 heavy (non-hydrogen) atoms. The van der Waals surface area contributed by atoms with Crippen LogP contribution in [-0.4, -0.2) is 29.9 Å². The number of rotatable bonds is 6. The number of para-hydroxylation sites is 1. The number of hydrogen-bond donors (Lipinski definition) is 1. The van der Waals surface area contributed by atoms with E-state index >= 15 is 0 Å². The number of nitrogens with one attached hydrogen (secondary N) is 1. The largest absolute Gasteiger partial charge is 0.465 e. The molecular weight excluding hydrogens is 455 g/mol. The third-order valence-electron chi connectivity index (χ3n) is 6.56. The molecule has 3 aromatic rings. The molecule has 0 spiro atoms. The Balaban J connectivity index is 1.68. The van der Waals surface area contributed by atoms with Gasteiger partial charge in [-0.1, -0.05) is 48.5 Å². The van der Waals surface area contributed by atoms with Crippen LogP contribution in [0.25, 0.3) is 0 Å². The van der Waals surface area contributed by atoms with Gasteiger partial charge in [0.1, 0.15) is 11.4 Å². The van der Waals surface area contributed by atoms with Gasteiger partial charge in [0.25, 0.3) is 0 Å². The predicted molar refractivity (Wildman–Crippen MR) is 126 cm³/mol. The molecule has 1 N–H and O–H groups in total. The van der Waals surface area contributed by atoms with Gasteiger partial charge in [0, 0.05) is 11.3 Å². The SMILES string of the molecule is CCOC(=O)[C@]1(Cc2ccccc2)N[C@@H](c2cccs2)[C@H]2C(=O)N(c3ccccc3F)C(=O)[C@H]21. The number of ether oxygens (including phenoxy) is 1. The zero-order chi connectivity index (χ0) is 23.9. The molecule has 174 valence electrons. The number of fused-ring (bicyclic) bond motifs is 1. The quantitative estimate of drug-likeness (QED) is 0.430. The van der Waals surface area contributed by atoms with Crippen LogP contribution in [0, 0.1) is 17.7 Å². The van der Waals surface area contributed by atoms with E-state index in [1.807, 2.05) is 47.8 Å². The standard InChI is InChI=1S/C26H23FN2O4S/c1-2-33-25(32)26(15-16-9-4-3-5-10-16)21-20(22(28-26)19-13-8-14-34-19)23(30)29(24(21)31)18-12-7-6-11-17(18)27/h3-14,20-22,28H,2,15H2,1H3/t20-,21-,22-,26+/m0/s1. The summed E-state index contributed by atoms with van der Waals surface area (Å²) in [6.07, 6.45) is 0.153. The number of amides is 2. The van der Waals surface area contributed by atoms with Crippen LogP contribution in [0.15, 0.2) is 72.1 Å². The first-order valence-electron chi connectivity index (χ1n) is 11.1. The zero-order valence-electron chi connectivity index (χ0n) is 18.4. The van der Waals surface area contributed by atoms with E-state index in [1.165, 1.54) is 29.5 Å². The highest BCUT2D eigenvalue weighted by atomic mass is 32.1. The van der Waals surface area contributed by atoms with E-state index in [-0.39, 0.29) is 18.7 Å². The van der Waals surface area contributed by atoms with Gasteiger partial charge in [-0.15, -0.1) is 11.3 Å². The Bertz CT molecular complexity index is 1230. The van der Waals surface area contributed by atoms with Gasteiger partial charge in [0.05, 0.1) is 30.2 Å². The normalized spacial score (nSPS) is 26.1. The van der Waals surface area contributed by atoms with Gasteiger partial charge >= 0.3 is 5.97 Å². The van der Waals surface area contributed by atoms with E-state index in [0.29, 0.717) is 0 Å². The number of hydrogen-bond acceptors (Lipinski definition) is 6. The molecule has 4 atom stereocenters. The van der Waals surface area contributed by atoms with Crippen LogP contribution in [0.1, 0.15) is 23.4 Å². The Hall–Kier alpha value is -3.36. The second-order valence-corrected chi connectivity index (χ2v) is 9.44. The third-order valence-corrected chi connectivity index (χ3v) is 7.52. The number of benzene rings is 2. The monoisotopic (exact) mass is 478 g/mol. The van der Waals surface area contributed by atoms with Crippen LogP contribution in [0.4, 0.5) is 10.1 Å². The van der Waals surface area contributed by atoms with Gasteiger partial charge in [-0.25, -0.2) is 9.29 Å². The molecule has 0 bridgehead atoms. The maximum Gasteiger partial charge on any atom is 0.327 e. The number of thiophene rings is 1. The molecule has 0 saturated carbocycles. The third kappa shape index (κ3) is 3.45. The lowest BCUT2D eigenvalue weighted by Gasteiger charge is -2.33. The minimum absolute atomic E-state index is 0.103. The lowest BCUT2D eigenvalue weighted by atomic mass is 9.76. The summed E-state index contributed by atoms with van der Waals surface area (Å²) in [6, 6.07) is 18.1. The van der Waals surface area contributed by atoms with Gasteiger partial charge in [0.15, 0.2) is 0 Å². The molecule has 2 saturated heterocycles. The van der Waals surface area contributed by atoms with Gasteiger partial charge in [-0.2, -0.15) is 0 Å². The molecule has 2 fully saturated rings. The first-order valence-corrected chi connectivity index (χ1v) is 12.0. The molecule has 2 aliphatic rings. The molecule has 0 radical (unpaired) electrons. The first kappa shape index (κ1) is 22.4. The minimum atomic E-state index is -1.48. The summed E-state index contributed by atoms with van der Waals surface area (Å²) in [5, 5.41) is 5.24. The summed E-state index contributed by atoms with van der Waals surface area (Å²) in [7, 11) is 0. The van der Waals surface area contributed by atoms with Crippen LogP contribution in [0.3, 0.4) is 0 Å². The topological polar surface area (TPSA) is 75.7 Å². The van der Waals surface area contributed by atoms with E-state index in [0.717, 1.165) is 15.3 Å². The number of nitrogens with zero attached hydrogens (tertiary/aromatic N) is 1. The maximum atomic E-state index is 14.7. The van der Waals surface area contributed by atoms with Crippen molar-refractivity contribution >= 4 is 34.8 Å². The van der Waals surface area contributed by atoms with Crippen molar-refractivity contribution < 1.29 is 23.5 Å². The lowest BCUT2D eigenvalue weighted by Crippen LogP contribution is -2.58. The van der Waals surface area contributed by atoms with E-state index in [1.54, 1.807) is 13.0 Å². The van der Waals surface area contributed by atoms with Crippen molar-refractivity contribution in [2.24, 2.45) is 11.8 Å². The first-order chi connectivity index (χ1) is 16.5. The molecule has 0 unspecified atom stereocenters. The summed E-state index contributed by atoms with van der Waals surface area (Å²) >= 11 is 1.43. The molecule has 2 amide bonds. The van der Waals surface area contributed by atoms with E-state index in [9.17, 15) is 18.8 Å². The van der Waals surface area contributed by atoms with Crippen LogP contribution in [0.5, 0.6) is 0 Å². The molecule has 6 nitrogen and oxygen atoms in total. The predicted octanol–water partition coefficient (Wildman–Crippen LogP) is 3.88. The van der Waals surface area contributed by atoms with Crippen molar-refractivity contribution in [3.63, 3.8) is 0 Å². The fourth-order valence-electron chi connectivity index (χ4n) is 5.19. The number of anilines is 1. The van der Waals surface area contributed by atoms with Crippen LogP contribution in [0.2, 0.25) is 0 Å². The second kappa shape index (κ2) is 8.77. The molecule has 2 aliphatic heterocycles. The Morgan fingerprint density at radius 3 is 2.47 bits per heavy atom. The van der Waals surface area contributed by atoms with E-state index in [4.69, 9.17) is 4.74 Å². The summed E-state index contributed by atoms with van der Waals surface area (Å²) < 4.78 is 20.2. The number of imide groups is 1. The maximum absolute atomic E-state index is 14.7. The molecule has 2 aromatic carbocycles. The van der Waals surface area contributed by atoms with Crippen LogP contribution < -0.4 is 10.2 Å². The van der Waals surface area contributed by atoms with Gasteiger partial charge in [-0.05, 0) is 36.1 Å². The van der Waals surface area contributed by atoms with Crippen LogP contribution >= 0.6 is 11.3 Å². The summed E-state index contributed by atoms with van der Waals surface area (Å²) in [5.41, 5.74) is -0.767. The average molecular weight is 479 g/mol. The summed E-state index contributed by atoms with van der Waals surface area (Å²) in [6.45, 7) is 1.82. The summed E-state index contributed by atoms with van der Waals surface area (Å²) in [5.74, 6) is -4.32. The molecule has 0 aliphatic carbocycles. The molecule has 5 rings (SSSR count). The van der Waals surface area contributed by atoms with E-state index in [2.05, 4.69) is 5.32 Å². The molecule has 8 heteroatoms. The highest BCUT2D eigenvalue weighted by Crippen LogP contribution is 2.52. The van der Waals surface area contributed by atoms with Crippen molar-refractivity contribution in [2.45, 2.75) is 24.9 Å². The van der Waals surface area contributed by atoms with Crippen LogP contribution in [-0.2, 0) is 25.5 Å². The summed E-state index contributed by atoms with van der Waals surface area (Å²) in [4.78, 5) is 42.9. The lowest BCUT2D eigenvalue weighted by molar-refractivity contribution is -0.154. The number of esters is 1. The highest BCUT2D eigenvalue weighted by Gasteiger charge is 2.69. The van der Waals surface area contributed by atoms with Gasteiger partial charge in [-0.3, -0.25) is 19.7 Å². The Kier molecular flexibility index (Phi) is 5.79. The van der Waals surface area contributed by atoms with Crippen molar-refractivity contribution in [1.82, 2.24) is 5.32 Å². The molecule has 1 aromatic heterocycles. The Morgan fingerprint density at radius 1 is 1.06 bits per heavy atom. The van der Waals surface area contributed by atoms with Crippen molar-refractivity contribution in [3.8, 4) is 0 Å². The number of carbonyl (C=O) groups is 3. The van der Waals surface area contributed by atoms with E-state index < -0.39 is 47.0 Å². The minimum Gasteiger partial charge on any atom is -0.465 e. The number of carbonyl (C=O) groups excluding carboxylic acids is 3. The highest BCUT2D eigenvalue weighted by molar-refractivity contribution is 7.10. The van der Waals surface area contributed by atoms with Gasteiger partial charge < -0.3 is 4.74 Å². The van der Waals surface area contributed by atoms with Gasteiger partial charge in [0.2, 0.25) is 11.8 Å². The smallest absolute Gasteiger partial charge is 0.327 e. The Morgan fingerprint density at radius 2 is 1.79 bits per heavy atom. The average Bonchev–Trinajstić information content (AvgIpc) is 3.53. The van der Waals surface area contributed by atoms with Crippen molar-refractivity contribution in [2.75, 3.05) is 11.5 Å². The molecular formula is C26H23FN2O4S. The zero-order valence-corrected chi connectivity index (χ0v) is 19.3. The van der Waals surface area contributed by atoms with Crippen molar-refractivity contribution in [3.05, 3.63) is 88.4 Å². The fraction of sp³-hybridized carbons (Fsp3) is 0.269.